The molecule has 0 saturated heterocycles. The van der Waals surface area contributed by atoms with E-state index in [4.69, 9.17) is 27.9 Å². The van der Waals surface area contributed by atoms with Crippen molar-refractivity contribution < 1.29 is 9.53 Å². The van der Waals surface area contributed by atoms with Gasteiger partial charge in [0.05, 0.1) is 23.5 Å². The smallest absolute Gasteiger partial charge is 0.360 e. The number of aromatic nitrogens is 3. The van der Waals surface area contributed by atoms with Crippen LogP contribution >= 0.6 is 23.2 Å². The van der Waals surface area contributed by atoms with E-state index in [0.29, 0.717) is 15.7 Å². The van der Waals surface area contributed by atoms with E-state index in [1.807, 2.05) is 0 Å². The van der Waals surface area contributed by atoms with Crippen LogP contribution in [0, 0.1) is 0 Å². The summed E-state index contributed by atoms with van der Waals surface area (Å²) in [5.74, 6) is -0.520. The van der Waals surface area contributed by atoms with Gasteiger partial charge in [0.2, 0.25) is 0 Å². The third-order valence-corrected chi connectivity index (χ3v) is 2.67. The van der Waals surface area contributed by atoms with Gasteiger partial charge in [0.25, 0.3) is 0 Å². The van der Waals surface area contributed by atoms with Gasteiger partial charge in [-0.3, -0.25) is 0 Å². The largest absolute Gasteiger partial charge is 0.461 e. The first kappa shape index (κ1) is 12.9. The van der Waals surface area contributed by atoms with Crippen LogP contribution in [-0.2, 0) is 4.74 Å². The van der Waals surface area contributed by atoms with Crippen LogP contribution < -0.4 is 0 Å². The molecular formula is C11H9Cl2N3O2. The molecule has 0 radical (unpaired) electrons. The van der Waals surface area contributed by atoms with Crippen LogP contribution in [0.1, 0.15) is 17.4 Å². The fourth-order valence-electron chi connectivity index (χ4n) is 1.35. The van der Waals surface area contributed by atoms with Gasteiger partial charge in [0, 0.05) is 5.02 Å². The van der Waals surface area contributed by atoms with Gasteiger partial charge in [0.1, 0.15) is 0 Å². The normalized spacial score (nSPS) is 10.4. The highest BCUT2D eigenvalue weighted by Gasteiger charge is 2.13. The number of ether oxygens (including phenoxy) is 1. The second kappa shape index (κ2) is 5.37. The Labute approximate surface area is 113 Å². The summed E-state index contributed by atoms with van der Waals surface area (Å²) in [5.41, 5.74) is 0.715. The number of benzene rings is 1. The minimum atomic E-state index is -0.520. The van der Waals surface area contributed by atoms with E-state index < -0.39 is 5.97 Å². The molecule has 0 unspecified atom stereocenters. The second-order valence-electron chi connectivity index (χ2n) is 3.36. The summed E-state index contributed by atoms with van der Waals surface area (Å²) in [5, 5.41) is 8.48. The van der Waals surface area contributed by atoms with Gasteiger partial charge in [0.15, 0.2) is 5.69 Å². The lowest BCUT2D eigenvalue weighted by molar-refractivity contribution is 0.0519. The van der Waals surface area contributed by atoms with E-state index in [1.54, 1.807) is 25.1 Å². The van der Waals surface area contributed by atoms with Gasteiger partial charge in [-0.1, -0.05) is 28.4 Å². The molecular weight excluding hydrogens is 277 g/mol. The fourth-order valence-corrected chi connectivity index (χ4v) is 1.84. The predicted molar refractivity (Wildman–Crippen MR) is 67.3 cm³/mol. The predicted octanol–water partition coefficient (Wildman–Crippen LogP) is 2.75. The maximum Gasteiger partial charge on any atom is 0.360 e. The van der Waals surface area contributed by atoms with Gasteiger partial charge in [-0.15, -0.1) is 5.10 Å². The highest BCUT2D eigenvalue weighted by atomic mass is 35.5. The Balaban J connectivity index is 2.32. The molecule has 0 atom stereocenters. The Morgan fingerprint density at radius 1 is 1.44 bits per heavy atom. The van der Waals surface area contributed by atoms with E-state index in [2.05, 4.69) is 10.3 Å². The first-order valence-corrected chi connectivity index (χ1v) is 5.92. The zero-order valence-electron chi connectivity index (χ0n) is 9.43. The maximum absolute atomic E-state index is 11.4. The molecule has 7 heteroatoms. The summed E-state index contributed by atoms with van der Waals surface area (Å²) >= 11 is 11.8. The van der Waals surface area contributed by atoms with Crippen molar-refractivity contribution in [1.29, 1.82) is 0 Å². The first-order chi connectivity index (χ1) is 8.61. The summed E-state index contributed by atoms with van der Waals surface area (Å²) in [7, 11) is 0. The Kier molecular flexibility index (Phi) is 3.84. The van der Waals surface area contributed by atoms with E-state index >= 15 is 0 Å². The van der Waals surface area contributed by atoms with Crippen molar-refractivity contribution in [2.45, 2.75) is 6.92 Å². The Hall–Kier alpha value is -1.59. The monoisotopic (exact) mass is 285 g/mol. The number of hydrogen-bond acceptors (Lipinski definition) is 4. The minimum absolute atomic E-state index is 0.128. The van der Waals surface area contributed by atoms with Crippen LogP contribution in [0.2, 0.25) is 10.0 Å². The standard InChI is InChI=1S/C11H9Cl2N3O2/c1-2-18-11(17)9-6-16(15-14-9)10-4-3-7(12)5-8(10)13/h3-6H,2H2,1H3. The summed E-state index contributed by atoms with van der Waals surface area (Å²) in [6.07, 6.45) is 1.45. The summed E-state index contributed by atoms with van der Waals surface area (Å²) in [6, 6.07) is 4.95. The molecule has 94 valence electrons. The van der Waals surface area contributed by atoms with E-state index in [0.717, 1.165) is 0 Å². The number of hydrogen-bond donors (Lipinski definition) is 0. The van der Waals surface area contributed by atoms with Crippen molar-refractivity contribution in [3.8, 4) is 5.69 Å². The third-order valence-electron chi connectivity index (χ3n) is 2.13. The lowest BCUT2D eigenvalue weighted by atomic mass is 10.3. The van der Waals surface area contributed by atoms with Crippen LogP contribution in [-0.4, -0.2) is 27.6 Å². The first-order valence-electron chi connectivity index (χ1n) is 5.16. The quantitative estimate of drug-likeness (QED) is 0.814. The number of esters is 1. The van der Waals surface area contributed by atoms with Gasteiger partial charge >= 0.3 is 5.97 Å². The topological polar surface area (TPSA) is 57.0 Å². The van der Waals surface area contributed by atoms with Gasteiger partial charge < -0.3 is 4.74 Å². The van der Waals surface area contributed by atoms with Crippen molar-refractivity contribution in [3.05, 3.63) is 40.1 Å². The Morgan fingerprint density at radius 3 is 2.89 bits per heavy atom. The molecule has 2 aromatic rings. The molecule has 1 heterocycles. The molecule has 1 aromatic carbocycles. The lowest BCUT2D eigenvalue weighted by Crippen LogP contribution is -2.04. The van der Waals surface area contributed by atoms with E-state index in [-0.39, 0.29) is 12.3 Å². The summed E-state index contributed by atoms with van der Waals surface area (Å²) in [4.78, 5) is 11.4. The van der Waals surface area contributed by atoms with Crippen LogP contribution in [0.4, 0.5) is 0 Å². The van der Waals surface area contributed by atoms with Gasteiger partial charge in [-0.2, -0.15) is 0 Å². The Morgan fingerprint density at radius 2 is 2.22 bits per heavy atom. The minimum Gasteiger partial charge on any atom is -0.461 e. The molecule has 1 aromatic heterocycles. The molecule has 0 aliphatic heterocycles. The van der Waals surface area contributed by atoms with Crippen LogP contribution in [0.15, 0.2) is 24.4 Å². The number of carbonyl (C=O) groups is 1. The SMILES string of the molecule is CCOC(=O)c1cn(-c2ccc(Cl)cc2Cl)nn1. The summed E-state index contributed by atoms with van der Waals surface area (Å²) in [6.45, 7) is 2.01. The average molecular weight is 286 g/mol. The molecule has 0 saturated carbocycles. The van der Waals surface area contributed by atoms with Crippen molar-refractivity contribution in [1.82, 2.24) is 15.0 Å². The molecule has 0 spiro atoms. The lowest BCUT2D eigenvalue weighted by Gasteiger charge is -2.02. The molecule has 0 fully saturated rings. The van der Waals surface area contributed by atoms with Gasteiger partial charge in [-0.25, -0.2) is 9.48 Å². The molecule has 18 heavy (non-hydrogen) atoms. The number of nitrogens with zero attached hydrogens (tertiary/aromatic N) is 3. The molecule has 0 amide bonds. The van der Waals surface area contributed by atoms with Crippen LogP contribution in [0.3, 0.4) is 0 Å². The molecule has 0 aliphatic rings. The third kappa shape index (κ3) is 2.63. The number of carbonyl (C=O) groups excluding carboxylic acids is 1. The zero-order chi connectivity index (χ0) is 13.1. The zero-order valence-corrected chi connectivity index (χ0v) is 10.9. The van der Waals surface area contributed by atoms with E-state index in [1.165, 1.54) is 10.9 Å². The van der Waals surface area contributed by atoms with Crippen molar-refractivity contribution in [3.63, 3.8) is 0 Å². The highest BCUT2D eigenvalue weighted by Crippen LogP contribution is 2.23. The van der Waals surface area contributed by atoms with Crippen molar-refractivity contribution >= 4 is 29.2 Å². The molecule has 2 rings (SSSR count). The van der Waals surface area contributed by atoms with E-state index in [9.17, 15) is 4.79 Å². The Bertz CT molecular complexity index is 583. The van der Waals surface area contributed by atoms with Crippen LogP contribution in [0.5, 0.6) is 0 Å². The maximum atomic E-state index is 11.4. The van der Waals surface area contributed by atoms with Gasteiger partial charge in [-0.05, 0) is 25.1 Å². The molecule has 5 nitrogen and oxygen atoms in total. The fraction of sp³-hybridized carbons (Fsp3) is 0.182. The molecule has 0 bridgehead atoms. The number of rotatable bonds is 3. The molecule has 0 N–H and O–H groups in total. The number of halogens is 2. The van der Waals surface area contributed by atoms with Crippen molar-refractivity contribution in [2.75, 3.05) is 6.61 Å². The highest BCUT2D eigenvalue weighted by molar-refractivity contribution is 6.35. The molecule has 0 aliphatic carbocycles. The van der Waals surface area contributed by atoms with Crippen molar-refractivity contribution in [2.24, 2.45) is 0 Å². The summed E-state index contributed by atoms with van der Waals surface area (Å²) < 4.78 is 6.21. The second-order valence-corrected chi connectivity index (χ2v) is 4.21. The average Bonchev–Trinajstić information content (AvgIpc) is 2.78. The van der Waals surface area contributed by atoms with Crippen LogP contribution in [0.25, 0.3) is 5.69 Å².